The number of amides is 1. The lowest BCUT2D eigenvalue weighted by Crippen LogP contribution is -2.20. The Morgan fingerprint density at radius 2 is 1.94 bits per heavy atom. The van der Waals surface area contributed by atoms with Crippen LogP contribution < -0.4 is 20.6 Å². The van der Waals surface area contributed by atoms with Crippen molar-refractivity contribution in [2.45, 2.75) is 10.6 Å². The zero-order chi connectivity index (χ0) is 24.8. The first-order valence-corrected chi connectivity index (χ1v) is 11.0. The number of ether oxygens (including phenoxy) is 2. The summed E-state index contributed by atoms with van der Waals surface area (Å²) in [7, 11) is 2.82. The predicted molar refractivity (Wildman–Crippen MR) is 126 cm³/mol. The fourth-order valence-corrected chi connectivity index (χ4v) is 3.90. The fraction of sp³-hybridized carbons (Fsp3) is 0.143. The van der Waals surface area contributed by atoms with E-state index in [1.54, 1.807) is 0 Å². The maximum Gasteiger partial charge on any atom is 0.293 e. The van der Waals surface area contributed by atoms with Gasteiger partial charge in [0.1, 0.15) is 0 Å². The van der Waals surface area contributed by atoms with Crippen molar-refractivity contribution in [3.63, 3.8) is 0 Å². The van der Waals surface area contributed by atoms with Gasteiger partial charge in [-0.3, -0.25) is 4.79 Å². The number of hydrogen-bond donors (Lipinski definition) is 3. The minimum absolute atomic E-state index is 0.000986. The van der Waals surface area contributed by atoms with Crippen molar-refractivity contribution in [3.8, 4) is 23.1 Å². The van der Waals surface area contributed by atoms with Crippen LogP contribution in [0.4, 0.5) is 5.82 Å². The van der Waals surface area contributed by atoms with Gasteiger partial charge in [-0.05, 0) is 34.6 Å². The number of methoxy groups -OCH3 is 2. The molecule has 14 heteroatoms. The van der Waals surface area contributed by atoms with Gasteiger partial charge in [0.05, 0.1) is 26.1 Å². The second kappa shape index (κ2) is 10.6. The minimum Gasteiger partial charge on any atom is -0.502 e. The molecule has 4 aromatic rings. The van der Waals surface area contributed by atoms with Crippen molar-refractivity contribution < 1.29 is 24.0 Å². The van der Waals surface area contributed by atoms with E-state index in [1.807, 2.05) is 30.3 Å². The van der Waals surface area contributed by atoms with Crippen LogP contribution in [0.2, 0.25) is 0 Å². The number of anilines is 1. The highest BCUT2D eigenvalue weighted by atomic mass is 32.2. The quantitative estimate of drug-likeness (QED) is 0.175. The number of aromatic hydroxyl groups is 1. The molecule has 2 aromatic heterocycles. The molecule has 0 unspecified atom stereocenters. The van der Waals surface area contributed by atoms with E-state index in [2.05, 4.69) is 35.8 Å². The van der Waals surface area contributed by atoms with Gasteiger partial charge in [0.2, 0.25) is 17.4 Å². The molecule has 4 N–H and O–H groups in total. The van der Waals surface area contributed by atoms with Crippen molar-refractivity contribution in [1.29, 1.82) is 0 Å². The molecule has 0 saturated heterocycles. The van der Waals surface area contributed by atoms with Gasteiger partial charge in [0.15, 0.2) is 17.2 Å². The summed E-state index contributed by atoms with van der Waals surface area (Å²) in [5.41, 5.74) is 9.19. The lowest BCUT2D eigenvalue weighted by Gasteiger charge is -2.09. The second-order valence-electron chi connectivity index (χ2n) is 6.84. The van der Waals surface area contributed by atoms with E-state index in [-0.39, 0.29) is 34.6 Å². The van der Waals surface area contributed by atoms with Crippen LogP contribution in [0.5, 0.6) is 17.2 Å². The third kappa shape index (κ3) is 5.16. The van der Waals surface area contributed by atoms with Crippen molar-refractivity contribution >= 4 is 29.7 Å². The summed E-state index contributed by atoms with van der Waals surface area (Å²) in [6, 6.07) is 12.7. The number of hydrazone groups is 1. The van der Waals surface area contributed by atoms with E-state index in [1.165, 1.54) is 49.0 Å². The van der Waals surface area contributed by atoms with E-state index in [0.29, 0.717) is 17.0 Å². The standard InChI is InChI=1S/C21H20N8O5S/c1-32-15-8-12(9-16(33-2)18(15)30)10-23-25-21(31)17-14(11-35-13-6-4-3-5-7-13)29(28-24-17)20-19(22)26-34-27-20/h3-10,30H,11H2,1-2H3,(H2,22,26)(H,25,31)/b23-10+. The van der Waals surface area contributed by atoms with Crippen LogP contribution in [0.15, 0.2) is 57.1 Å². The molecule has 13 nitrogen and oxygen atoms in total. The van der Waals surface area contributed by atoms with Gasteiger partial charge in [-0.25, -0.2) is 10.1 Å². The number of nitrogens with one attached hydrogen (secondary N) is 1. The molecule has 1 amide bonds. The van der Waals surface area contributed by atoms with E-state index in [4.69, 9.17) is 15.2 Å². The van der Waals surface area contributed by atoms with Crippen LogP contribution in [0.3, 0.4) is 0 Å². The summed E-state index contributed by atoms with van der Waals surface area (Å²) in [6.07, 6.45) is 1.37. The molecule has 0 fully saturated rings. The van der Waals surface area contributed by atoms with Crippen molar-refractivity contribution in [1.82, 2.24) is 30.7 Å². The summed E-state index contributed by atoms with van der Waals surface area (Å²) < 4.78 is 16.2. The van der Waals surface area contributed by atoms with Gasteiger partial charge < -0.3 is 20.3 Å². The lowest BCUT2D eigenvalue weighted by molar-refractivity contribution is 0.0949. The zero-order valence-electron chi connectivity index (χ0n) is 18.6. The third-order valence-electron chi connectivity index (χ3n) is 4.68. The number of nitrogens with zero attached hydrogens (tertiary/aromatic N) is 6. The lowest BCUT2D eigenvalue weighted by atomic mass is 10.2. The molecule has 0 saturated carbocycles. The van der Waals surface area contributed by atoms with Crippen molar-refractivity contribution in [2.75, 3.05) is 20.0 Å². The average molecular weight is 497 g/mol. The van der Waals surface area contributed by atoms with E-state index in [9.17, 15) is 9.90 Å². The molecule has 4 rings (SSSR count). The number of nitrogen functional groups attached to an aromatic ring is 1. The smallest absolute Gasteiger partial charge is 0.293 e. The third-order valence-corrected chi connectivity index (χ3v) is 5.70. The minimum atomic E-state index is -0.608. The Morgan fingerprint density at radius 3 is 2.57 bits per heavy atom. The van der Waals surface area contributed by atoms with Gasteiger partial charge in [0.25, 0.3) is 5.91 Å². The van der Waals surface area contributed by atoms with Gasteiger partial charge in [-0.1, -0.05) is 23.4 Å². The van der Waals surface area contributed by atoms with E-state index < -0.39 is 5.91 Å². The molecule has 0 spiro atoms. The van der Waals surface area contributed by atoms with Crippen LogP contribution >= 0.6 is 11.8 Å². The molecule has 0 bridgehead atoms. The van der Waals surface area contributed by atoms with Crippen molar-refractivity contribution in [2.24, 2.45) is 5.10 Å². The van der Waals surface area contributed by atoms with Crippen LogP contribution in [-0.4, -0.2) is 56.8 Å². The Balaban J connectivity index is 1.57. The highest BCUT2D eigenvalue weighted by Crippen LogP contribution is 2.36. The topological polar surface area (TPSA) is 176 Å². The first-order chi connectivity index (χ1) is 17.0. The number of hydrogen-bond acceptors (Lipinski definition) is 12. The summed E-state index contributed by atoms with van der Waals surface area (Å²) in [6.45, 7) is 0. The van der Waals surface area contributed by atoms with Crippen LogP contribution in [0.1, 0.15) is 21.7 Å². The molecule has 0 aliphatic rings. The Labute approximate surface area is 202 Å². The number of benzene rings is 2. The molecule has 180 valence electrons. The van der Waals surface area contributed by atoms with E-state index >= 15 is 0 Å². The second-order valence-corrected chi connectivity index (χ2v) is 7.89. The zero-order valence-corrected chi connectivity index (χ0v) is 19.4. The molecular formula is C21H20N8O5S. The number of phenols is 1. The normalized spacial score (nSPS) is 11.0. The molecular weight excluding hydrogens is 476 g/mol. The maximum atomic E-state index is 12.9. The molecule has 35 heavy (non-hydrogen) atoms. The van der Waals surface area contributed by atoms with Gasteiger partial charge in [0, 0.05) is 16.2 Å². The summed E-state index contributed by atoms with van der Waals surface area (Å²) in [5, 5.41) is 29.3. The van der Waals surface area contributed by atoms with Crippen LogP contribution in [-0.2, 0) is 5.75 Å². The first-order valence-electron chi connectivity index (χ1n) is 10.0. The molecule has 2 aromatic carbocycles. The molecule has 0 atom stereocenters. The predicted octanol–water partition coefficient (Wildman–Crippen LogP) is 2.01. The van der Waals surface area contributed by atoms with Gasteiger partial charge in [-0.2, -0.15) is 9.78 Å². The number of carbonyl (C=O) groups is 1. The Hall–Kier alpha value is -4.59. The first kappa shape index (κ1) is 23.6. The number of nitrogens with two attached hydrogens (primary N) is 1. The van der Waals surface area contributed by atoms with Gasteiger partial charge >= 0.3 is 0 Å². The number of phenolic OH excluding ortho intramolecular Hbond substituents is 1. The monoisotopic (exact) mass is 496 g/mol. The maximum absolute atomic E-state index is 12.9. The molecule has 0 radical (unpaired) electrons. The number of rotatable bonds is 9. The Kier molecular flexibility index (Phi) is 7.11. The molecule has 0 aliphatic carbocycles. The van der Waals surface area contributed by atoms with Crippen LogP contribution in [0.25, 0.3) is 5.82 Å². The van der Waals surface area contributed by atoms with Gasteiger partial charge in [-0.15, -0.1) is 16.9 Å². The Bertz CT molecular complexity index is 1330. The highest BCUT2D eigenvalue weighted by molar-refractivity contribution is 7.98. The van der Waals surface area contributed by atoms with Crippen molar-refractivity contribution in [3.05, 3.63) is 59.4 Å². The summed E-state index contributed by atoms with van der Waals surface area (Å²) in [5.74, 6) is 0.0763. The SMILES string of the molecule is COc1cc(/C=N/NC(=O)c2nnn(-c3nonc3N)c2CSc2ccccc2)cc(OC)c1O. The molecule has 0 aliphatic heterocycles. The van der Waals surface area contributed by atoms with E-state index in [0.717, 1.165) is 4.90 Å². The fourth-order valence-electron chi connectivity index (χ4n) is 2.99. The number of aromatic nitrogens is 5. The molecule has 2 heterocycles. The summed E-state index contributed by atoms with van der Waals surface area (Å²) in [4.78, 5) is 13.9. The largest absolute Gasteiger partial charge is 0.502 e. The highest BCUT2D eigenvalue weighted by Gasteiger charge is 2.24. The number of carbonyl (C=O) groups excluding carboxylic acids is 1. The summed E-state index contributed by atoms with van der Waals surface area (Å²) >= 11 is 1.47. The average Bonchev–Trinajstić information content (AvgIpc) is 3.49. The Morgan fingerprint density at radius 1 is 1.23 bits per heavy atom. The number of thioether (sulfide) groups is 1. The van der Waals surface area contributed by atoms with Crippen LogP contribution in [0, 0.1) is 0 Å².